The van der Waals surface area contributed by atoms with Crippen molar-refractivity contribution in [3.8, 4) is 5.75 Å². The summed E-state index contributed by atoms with van der Waals surface area (Å²) >= 11 is 0. The summed E-state index contributed by atoms with van der Waals surface area (Å²) in [7, 11) is 0. The van der Waals surface area contributed by atoms with Crippen LogP contribution < -0.4 is 4.74 Å². The maximum Gasteiger partial charge on any atom is 0.119 e. The molecule has 134 valence electrons. The Morgan fingerprint density at radius 3 is 2.60 bits per heavy atom. The molecule has 1 fully saturated rings. The van der Waals surface area contributed by atoms with Crippen LogP contribution in [0.15, 0.2) is 48.8 Å². The standard InChI is InChI=1S/C21H28N2O2/c1-2-17-5-7-20(8-6-17)25-15-11-21(24)23-13-9-18(10-14-23)19-4-3-12-22-16-19/h3-8,12,16,18,21,24H,2,9-11,13-15H2,1H3/t21-/m1/s1. The molecule has 2 aromatic rings. The quantitative estimate of drug-likeness (QED) is 0.836. The topological polar surface area (TPSA) is 45.6 Å². The molecule has 4 heteroatoms. The lowest BCUT2D eigenvalue weighted by atomic mass is 9.90. The second kappa shape index (κ2) is 8.97. The third-order valence-corrected chi connectivity index (χ3v) is 5.08. The van der Waals surface area contributed by atoms with Crippen LogP contribution in [-0.2, 0) is 6.42 Å². The van der Waals surface area contributed by atoms with Crippen molar-refractivity contribution in [3.05, 3.63) is 59.9 Å². The normalized spacial score (nSPS) is 17.4. The molecule has 0 spiro atoms. The third-order valence-electron chi connectivity index (χ3n) is 5.08. The summed E-state index contributed by atoms with van der Waals surface area (Å²) in [6, 6.07) is 12.3. The van der Waals surface area contributed by atoms with E-state index in [4.69, 9.17) is 4.74 Å². The number of rotatable bonds is 7. The van der Waals surface area contributed by atoms with Gasteiger partial charge in [0.15, 0.2) is 0 Å². The predicted molar refractivity (Wildman–Crippen MR) is 99.7 cm³/mol. The molecule has 1 N–H and O–H groups in total. The Bertz CT molecular complexity index is 622. The number of nitrogens with zero attached hydrogens (tertiary/aromatic N) is 2. The summed E-state index contributed by atoms with van der Waals surface area (Å²) in [5, 5.41) is 10.4. The van der Waals surface area contributed by atoms with Crippen molar-refractivity contribution in [2.75, 3.05) is 19.7 Å². The Morgan fingerprint density at radius 2 is 1.96 bits per heavy atom. The number of benzene rings is 1. The molecule has 1 aromatic carbocycles. The second-order valence-corrected chi connectivity index (χ2v) is 6.71. The van der Waals surface area contributed by atoms with E-state index < -0.39 is 6.23 Å². The molecule has 0 radical (unpaired) electrons. The van der Waals surface area contributed by atoms with Crippen LogP contribution in [0.1, 0.15) is 43.2 Å². The van der Waals surface area contributed by atoms with E-state index in [1.807, 2.05) is 30.6 Å². The number of aliphatic hydroxyl groups excluding tert-OH is 1. The van der Waals surface area contributed by atoms with E-state index in [0.717, 1.165) is 38.1 Å². The smallest absolute Gasteiger partial charge is 0.119 e. The highest BCUT2D eigenvalue weighted by Gasteiger charge is 2.24. The number of aryl methyl sites for hydroxylation is 1. The Hall–Kier alpha value is -1.91. The van der Waals surface area contributed by atoms with Crippen LogP contribution >= 0.6 is 0 Å². The summed E-state index contributed by atoms with van der Waals surface area (Å²) in [6.07, 6.45) is 7.17. The minimum atomic E-state index is -0.426. The minimum absolute atomic E-state index is 0.426. The van der Waals surface area contributed by atoms with Crippen LogP contribution in [0.25, 0.3) is 0 Å². The van der Waals surface area contributed by atoms with Crippen LogP contribution in [0.2, 0.25) is 0 Å². The maximum atomic E-state index is 10.4. The van der Waals surface area contributed by atoms with E-state index >= 15 is 0 Å². The monoisotopic (exact) mass is 340 g/mol. The largest absolute Gasteiger partial charge is 0.493 e. The average Bonchev–Trinajstić information content (AvgIpc) is 2.69. The van der Waals surface area contributed by atoms with E-state index in [-0.39, 0.29) is 0 Å². The SMILES string of the molecule is CCc1ccc(OCC[C@@H](O)N2CCC(c3cccnc3)CC2)cc1. The molecule has 0 unspecified atom stereocenters. The first kappa shape index (κ1) is 17.9. The van der Waals surface area contributed by atoms with Gasteiger partial charge in [0.2, 0.25) is 0 Å². The number of piperidine rings is 1. The summed E-state index contributed by atoms with van der Waals surface area (Å²) in [5.74, 6) is 1.44. The van der Waals surface area contributed by atoms with Crippen molar-refractivity contribution in [1.82, 2.24) is 9.88 Å². The van der Waals surface area contributed by atoms with Gasteiger partial charge in [0.25, 0.3) is 0 Å². The highest BCUT2D eigenvalue weighted by molar-refractivity contribution is 5.27. The van der Waals surface area contributed by atoms with E-state index in [1.54, 1.807) is 0 Å². The Kier molecular flexibility index (Phi) is 6.42. The van der Waals surface area contributed by atoms with Crippen molar-refractivity contribution in [2.24, 2.45) is 0 Å². The highest BCUT2D eigenvalue weighted by Crippen LogP contribution is 2.28. The van der Waals surface area contributed by atoms with Crippen molar-refractivity contribution in [2.45, 2.75) is 44.8 Å². The molecule has 1 saturated heterocycles. The van der Waals surface area contributed by atoms with E-state index in [9.17, 15) is 5.11 Å². The number of aliphatic hydroxyl groups is 1. The van der Waals surface area contributed by atoms with Gasteiger partial charge in [-0.3, -0.25) is 9.88 Å². The Balaban J connectivity index is 1.39. The zero-order valence-corrected chi connectivity index (χ0v) is 15.0. The summed E-state index contributed by atoms with van der Waals surface area (Å²) < 4.78 is 5.76. The van der Waals surface area contributed by atoms with Crippen LogP contribution in [0.4, 0.5) is 0 Å². The van der Waals surface area contributed by atoms with Crippen molar-refractivity contribution < 1.29 is 9.84 Å². The molecule has 1 aromatic heterocycles. The van der Waals surface area contributed by atoms with Gasteiger partial charge in [-0.25, -0.2) is 0 Å². The molecule has 0 amide bonds. The summed E-state index contributed by atoms with van der Waals surface area (Å²) in [6.45, 7) is 4.52. The zero-order chi connectivity index (χ0) is 17.5. The summed E-state index contributed by atoms with van der Waals surface area (Å²) in [5.41, 5.74) is 2.62. The lowest BCUT2D eigenvalue weighted by Gasteiger charge is -2.35. The number of aromatic nitrogens is 1. The van der Waals surface area contributed by atoms with Crippen molar-refractivity contribution in [3.63, 3.8) is 0 Å². The molecule has 25 heavy (non-hydrogen) atoms. The molecular weight excluding hydrogens is 312 g/mol. The van der Waals surface area contributed by atoms with Gasteiger partial charge < -0.3 is 9.84 Å². The van der Waals surface area contributed by atoms with Crippen LogP contribution in [0, 0.1) is 0 Å². The number of hydrogen-bond donors (Lipinski definition) is 1. The van der Waals surface area contributed by atoms with Gasteiger partial charge in [0, 0.05) is 31.9 Å². The molecule has 3 rings (SSSR count). The Morgan fingerprint density at radius 1 is 1.20 bits per heavy atom. The number of ether oxygens (including phenoxy) is 1. The third kappa shape index (κ3) is 5.03. The number of pyridine rings is 1. The fourth-order valence-electron chi connectivity index (χ4n) is 3.43. The fourth-order valence-corrected chi connectivity index (χ4v) is 3.43. The lowest BCUT2D eigenvalue weighted by Crippen LogP contribution is -2.41. The van der Waals surface area contributed by atoms with Gasteiger partial charge in [-0.05, 0) is 54.5 Å². The van der Waals surface area contributed by atoms with Gasteiger partial charge in [-0.15, -0.1) is 0 Å². The molecule has 4 nitrogen and oxygen atoms in total. The van der Waals surface area contributed by atoms with Crippen LogP contribution in [0.3, 0.4) is 0 Å². The molecule has 2 heterocycles. The molecule has 1 aliphatic heterocycles. The molecular formula is C21H28N2O2. The predicted octanol–water partition coefficient (Wildman–Crippen LogP) is 3.61. The van der Waals surface area contributed by atoms with Gasteiger partial charge in [0.05, 0.1) is 6.61 Å². The van der Waals surface area contributed by atoms with Crippen molar-refractivity contribution in [1.29, 1.82) is 0 Å². The minimum Gasteiger partial charge on any atom is -0.493 e. The number of likely N-dealkylation sites (tertiary alicyclic amines) is 1. The van der Waals surface area contributed by atoms with Crippen LogP contribution in [-0.4, -0.2) is 40.9 Å². The molecule has 1 atom stereocenters. The average molecular weight is 340 g/mol. The van der Waals surface area contributed by atoms with Gasteiger partial charge in [-0.2, -0.15) is 0 Å². The molecule has 0 bridgehead atoms. The molecule has 0 saturated carbocycles. The van der Waals surface area contributed by atoms with Gasteiger partial charge >= 0.3 is 0 Å². The second-order valence-electron chi connectivity index (χ2n) is 6.71. The maximum absolute atomic E-state index is 10.4. The van der Waals surface area contributed by atoms with E-state index in [1.165, 1.54) is 11.1 Å². The van der Waals surface area contributed by atoms with Crippen molar-refractivity contribution >= 4 is 0 Å². The molecule has 0 aliphatic carbocycles. The first-order chi connectivity index (χ1) is 12.3. The van der Waals surface area contributed by atoms with E-state index in [0.29, 0.717) is 18.9 Å². The fraction of sp³-hybridized carbons (Fsp3) is 0.476. The zero-order valence-electron chi connectivity index (χ0n) is 15.0. The van der Waals surface area contributed by atoms with Gasteiger partial charge in [-0.1, -0.05) is 25.1 Å². The van der Waals surface area contributed by atoms with Gasteiger partial charge in [0.1, 0.15) is 12.0 Å². The summed E-state index contributed by atoms with van der Waals surface area (Å²) in [4.78, 5) is 6.38. The highest BCUT2D eigenvalue weighted by atomic mass is 16.5. The van der Waals surface area contributed by atoms with Crippen LogP contribution in [0.5, 0.6) is 5.75 Å². The van der Waals surface area contributed by atoms with E-state index in [2.05, 4.69) is 35.0 Å². The first-order valence-corrected chi connectivity index (χ1v) is 9.30. The first-order valence-electron chi connectivity index (χ1n) is 9.30. The lowest BCUT2D eigenvalue weighted by molar-refractivity contribution is -0.0235. The molecule has 1 aliphatic rings. The Labute approximate surface area is 150 Å². The number of hydrogen-bond acceptors (Lipinski definition) is 4.